The average Bonchev–Trinajstić information content (AvgIpc) is 2.66. The molecular formula is C11H14N2O. The lowest BCUT2D eigenvalue weighted by Crippen LogP contribution is -2.19. The van der Waals surface area contributed by atoms with E-state index in [1.807, 2.05) is 12.1 Å². The molecule has 0 aliphatic carbocycles. The first-order valence-electron chi connectivity index (χ1n) is 4.86. The number of amidine groups is 1. The Balaban J connectivity index is 2.24. The van der Waals surface area contributed by atoms with Crippen LogP contribution in [0.15, 0.2) is 29.3 Å². The Kier molecular flexibility index (Phi) is 2.50. The molecule has 0 saturated carbocycles. The van der Waals surface area contributed by atoms with Crippen molar-refractivity contribution in [1.29, 1.82) is 0 Å². The van der Waals surface area contributed by atoms with Crippen LogP contribution in [-0.4, -0.2) is 12.1 Å². The second-order valence-electron chi connectivity index (χ2n) is 3.43. The van der Waals surface area contributed by atoms with Gasteiger partial charge in [-0.05, 0) is 19.4 Å². The van der Waals surface area contributed by atoms with Crippen LogP contribution in [0.3, 0.4) is 0 Å². The maximum atomic E-state index is 5.26. The van der Waals surface area contributed by atoms with E-state index in [0.717, 1.165) is 17.8 Å². The molecule has 1 aliphatic heterocycles. The standard InChI is InChI=1S/C11H14N2O/c1-3-10-12-11(13-14-10)9-6-4-5-8(2)7-9/h4-7,10H,3H2,1-2H3,(H,12,13). The highest BCUT2D eigenvalue weighted by Gasteiger charge is 2.16. The molecule has 0 amide bonds. The number of aliphatic imine (C=N–C) groups is 1. The zero-order valence-electron chi connectivity index (χ0n) is 8.45. The molecule has 1 atom stereocenters. The summed E-state index contributed by atoms with van der Waals surface area (Å²) < 4.78 is 0. The maximum absolute atomic E-state index is 5.26. The molecule has 0 radical (unpaired) electrons. The smallest absolute Gasteiger partial charge is 0.177 e. The minimum Gasteiger partial charge on any atom is -0.248 e. The normalized spacial score (nSPS) is 20.4. The van der Waals surface area contributed by atoms with E-state index in [-0.39, 0.29) is 6.23 Å². The number of rotatable bonds is 2. The quantitative estimate of drug-likeness (QED) is 0.774. The van der Waals surface area contributed by atoms with E-state index in [4.69, 9.17) is 4.84 Å². The van der Waals surface area contributed by atoms with Crippen molar-refractivity contribution < 1.29 is 4.84 Å². The molecule has 74 valence electrons. The molecule has 14 heavy (non-hydrogen) atoms. The number of hydrogen-bond donors (Lipinski definition) is 1. The van der Waals surface area contributed by atoms with Gasteiger partial charge in [0.25, 0.3) is 0 Å². The molecule has 1 unspecified atom stereocenters. The average molecular weight is 190 g/mol. The lowest BCUT2D eigenvalue weighted by molar-refractivity contribution is 0.0364. The number of nitrogens with zero attached hydrogens (tertiary/aromatic N) is 1. The molecule has 1 N–H and O–H groups in total. The molecule has 1 aromatic carbocycles. The Labute approximate surface area is 83.8 Å². The molecule has 2 rings (SSSR count). The first-order chi connectivity index (χ1) is 6.79. The molecule has 1 aliphatic rings. The summed E-state index contributed by atoms with van der Waals surface area (Å²) in [6.07, 6.45) is 0.855. The predicted molar refractivity (Wildman–Crippen MR) is 56.0 cm³/mol. The fourth-order valence-corrected chi connectivity index (χ4v) is 1.42. The topological polar surface area (TPSA) is 33.6 Å². The second-order valence-corrected chi connectivity index (χ2v) is 3.43. The van der Waals surface area contributed by atoms with Gasteiger partial charge in [0.15, 0.2) is 12.1 Å². The predicted octanol–water partition coefficient (Wildman–Crippen LogP) is 2.01. The van der Waals surface area contributed by atoms with Gasteiger partial charge in [-0.15, -0.1) is 0 Å². The van der Waals surface area contributed by atoms with Crippen molar-refractivity contribution in [2.45, 2.75) is 26.5 Å². The van der Waals surface area contributed by atoms with Gasteiger partial charge in [0.1, 0.15) is 0 Å². The molecule has 0 spiro atoms. The van der Waals surface area contributed by atoms with E-state index in [1.54, 1.807) is 0 Å². The number of hydrogen-bond acceptors (Lipinski definition) is 3. The fraction of sp³-hybridized carbons (Fsp3) is 0.364. The minimum absolute atomic E-state index is 0.0366. The summed E-state index contributed by atoms with van der Waals surface area (Å²) in [5.74, 6) is 0.834. The Morgan fingerprint density at radius 3 is 3.00 bits per heavy atom. The lowest BCUT2D eigenvalue weighted by atomic mass is 10.1. The van der Waals surface area contributed by atoms with Crippen molar-refractivity contribution in [3.63, 3.8) is 0 Å². The van der Waals surface area contributed by atoms with Gasteiger partial charge in [-0.1, -0.05) is 30.7 Å². The first-order valence-corrected chi connectivity index (χ1v) is 4.86. The summed E-state index contributed by atoms with van der Waals surface area (Å²) in [6, 6.07) is 8.21. The summed E-state index contributed by atoms with van der Waals surface area (Å²) in [4.78, 5) is 9.66. The summed E-state index contributed by atoms with van der Waals surface area (Å²) in [7, 11) is 0. The van der Waals surface area contributed by atoms with Gasteiger partial charge >= 0.3 is 0 Å². The first kappa shape index (κ1) is 9.21. The highest BCUT2D eigenvalue weighted by molar-refractivity contribution is 5.98. The van der Waals surface area contributed by atoms with Crippen LogP contribution in [0.2, 0.25) is 0 Å². The van der Waals surface area contributed by atoms with Crippen molar-refractivity contribution in [3.8, 4) is 0 Å². The van der Waals surface area contributed by atoms with Gasteiger partial charge in [-0.25, -0.2) is 15.3 Å². The van der Waals surface area contributed by atoms with Crippen LogP contribution >= 0.6 is 0 Å². The van der Waals surface area contributed by atoms with Crippen molar-refractivity contribution in [1.82, 2.24) is 5.48 Å². The van der Waals surface area contributed by atoms with Gasteiger partial charge in [0.2, 0.25) is 0 Å². The molecule has 0 bridgehead atoms. The Morgan fingerprint density at radius 2 is 2.36 bits per heavy atom. The van der Waals surface area contributed by atoms with Crippen LogP contribution in [-0.2, 0) is 4.84 Å². The monoisotopic (exact) mass is 190 g/mol. The van der Waals surface area contributed by atoms with Crippen molar-refractivity contribution in [2.24, 2.45) is 4.99 Å². The molecule has 0 saturated heterocycles. The van der Waals surface area contributed by atoms with Gasteiger partial charge in [0, 0.05) is 5.56 Å². The molecular weight excluding hydrogens is 176 g/mol. The largest absolute Gasteiger partial charge is 0.248 e. The molecule has 3 nitrogen and oxygen atoms in total. The van der Waals surface area contributed by atoms with E-state index in [2.05, 4.69) is 36.5 Å². The summed E-state index contributed by atoms with van der Waals surface area (Å²) >= 11 is 0. The van der Waals surface area contributed by atoms with E-state index in [0.29, 0.717) is 0 Å². The third-order valence-electron chi connectivity index (χ3n) is 2.21. The van der Waals surface area contributed by atoms with Crippen LogP contribution in [0.1, 0.15) is 24.5 Å². The lowest BCUT2D eigenvalue weighted by Gasteiger charge is -2.01. The van der Waals surface area contributed by atoms with Crippen LogP contribution in [0.25, 0.3) is 0 Å². The third-order valence-corrected chi connectivity index (χ3v) is 2.21. The van der Waals surface area contributed by atoms with Crippen LogP contribution in [0, 0.1) is 6.92 Å². The van der Waals surface area contributed by atoms with Gasteiger partial charge in [-0.2, -0.15) is 0 Å². The molecule has 3 heteroatoms. The number of benzene rings is 1. The SMILES string of the molecule is CCC1N=C(c2cccc(C)c2)NO1. The number of nitrogens with one attached hydrogen (secondary N) is 1. The van der Waals surface area contributed by atoms with Crippen molar-refractivity contribution in [3.05, 3.63) is 35.4 Å². The van der Waals surface area contributed by atoms with Gasteiger partial charge in [-0.3, -0.25) is 0 Å². The molecule has 1 aromatic rings. The van der Waals surface area contributed by atoms with E-state index >= 15 is 0 Å². The molecule has 0 aromatic heterocycles. The Hall–Kier alpha value is -1.35. The van der Waals surface area contributed by atoms with Crippen LogP contribution in [0.5, 0.6) is 0 Å². The third kappa shape index (κ3) is 1.77. The van der Waals surface area contributed by atoms with E-state index in [9.17, 15) is 0 Å². The number of aryl methyl sites for hydroxylation is 1. The van der Waals surface area contributed by atoms with E-state index < -0.39 is 0 Å². The van der Waals surface area contributed by atoms with Crippen molar-refractivity contribution in [2.75, 3.05) is 0 Å². The zero-order chi connectivity index (χ0) is 9.97. The van der Waals surface area contributed by atoms with Gasteiger partial charge in [0.05, 0.1) is 0 Å². The number of hydroxylamine groups is 1. The summed E-state index contributed by atoms with van der Waals surface area (Å²) in [5.41, 5.74) is 5.16. The fourth-order valence-electron chi connectivity index (χ4n) is 1.42. The Bertz CT molecular complexity index is 360. The van der Waals surface area contributed by atoms with Crippen LogP contribution in [0.4, 0.5) is 0 Å². The Morgan fingerprint density at radius 1 is 1.50 bits per heavy atom. The highest BCUT2D eigenvalue weighted by atomic mass is 16.7. The van der Waals surface area contributed by atoms with Crippen molar-refractivity contribution >= 4 is 5.84 Å². The summed E-state index contributed by atoms with van der Waals surface area (Å²) in [6.45, 7) is 4.12. The highest BCUT2D eigenvalue weighted by Crippen LogP contribution is 2.11. The summed E-state index contributed by atoms with van der Waals surface area (Å²) in [5, 5.41) is 0. The maximum Gasteiger partial charge on any atom is 0.177 e. The second kappa shape index (κ2) is 3.80. The van der Waals surface area contributed by atoms with Crippen LogP contribution < -0.4 is 5.48 Å². The zero-order valence-corrected chi connectivity index (χ0v) is 8.45. The van der Waals surface area contributed by atoms with E-state index in [1.165, 1.54) is 5.56 Å². The minimum atomic E-state index is -0.0366. The van der Waals surface area contributed by atoms with Gasteiger partial charge < -0.3 is 0 Å². The molecule has 0 fully saturated rings. The molecule has 1 heterocycles.